The molecule has 4 aromatic rings. The Hall–Kier alpha value is -4.49. The second-order valence-corrected chi connectivity index (χ2v) is 14.2. The zero-order chi connectivity index (χ0) is 35.2. The predicted molar refractivity (Wildman–Crippen MR) is 182 cm³/mol. The van der Waals surface area contributed by atoms with Crippen LogP contribution in [0.5, 0.6) is 0 Å². The van der Waals surface area contributed by atoms with Crippen molar-refractivity contribution in [2.24, 2.45) is 0 Å². The summed E-state index contributed by atoms with van der Waals surface area (Å²) in [4.78, 5) is 38.4. The van der Waals surface area contributed by atoms with Gasteiger partial charge in [0.1, 0.15) is 17.2 Å². The first-order chi connectivity index (χ1) is 22.6. The summed E-state index contributed by atoms with van der Waals surface area (Å²) in [6.45, 7) is 9.08. The van der Waals surface area contributed by atoms with Crippen LogP contribution in [0.1, 0.15) is 75.6 Å². The fourth-order valence-corrected chi connectivity index (χ4v) is 6.18. The average molecular weight is 700 g/mol. The Bertz CT molecular complexity index is 1980. The number of benzene rings is 3. The maximum absolute atomic E-state index is 15.7. The van der Waals surface area contributed by atoms with Gasteiger partial charge >= 0.3 is 11.8 Å². The fraction of sp³-hybridized carbons (Fsp3) is 0.353. The van der Waals surface area contributed by atoms with Gasteiger partial charge in [-0.2, -0.15) is 4.68 Å². The molecule has 1 heterocycles. The largest absolute Gasteiger partial charge is 0.443 e. The molecule has 0 bridgehead atoms. The van der Waals surface area contributed by atoms with Gasteiger partial charge in [0.25, 0.3) is 15.9 Å². The summed E-state index contributed by atoms with van der Waals surface area (Å²) in [6.07, 6.45) is 1.66. The zero-order valence-electron chi connectivity index (χ0n) is 27.5. The summed E-state index contributed by atoms with van der Waals surface area (Å²) in [6, 6.07) is 14.6. The molecule has 0 unspecified atom stereocenters. The molecule has 0 fully saturated rings. The number of rotatable bonds is 12. The van der Waals surface area contributed by atoms with Crippen LogP contribution in [0.2, 0.25) is 5.02 Å². The highest BCUT2D eigenvalue weighted by atomic mass is 35.5. The standard InChI is InChI=1S/C34H39ClFN5O6S/c1-6-8-18-37-31(42)23-16-17-26(35)28(20-23)41-33(44)40(30(38-41)11-7-2)21-24-15-14-22(19-27(24)36)25-12-9-10-13-29(25)48(45,46)39-32(43)47-34(3,4)5/h9-10,12-17,19-20H,6-8,11,18,21H2,1-5H3,(H,37,42)(H,39,43). The number of hydrogen-bond acceptors (Lipinski definition) is 7. The van der Waals surface area contributed by atoms with Crippen LogP contribution in [0.25, 0.3) is 16.8 Å². The third-order valence-corrected chi connectivity index (χ3v) is 8.84. The zero-order valence-corrected chi connectivity index (χ0v) is 29.0. The van der Waals surface area contributed by atoms with Crippen molar-refractivity contribution in [1.82, 2.24) is 24.4 Å². The van der Waals surface area contributed by atoms with E-state index in [4.69, 9.17) is 16.3 Å². The van der Waals surface area contributed by atoms with Gasteiger partial charge in [-0.05, 0) is 69.5 Å². The SMILES string of the molecule is CCCCNC(=O)c1ccc(Cl)c(-n2nc(CCC)n(Cc3ccc(-c4ccccc4S(=O)(=O)NC(=O)OC(C)(C)C)cc3F)c2=O)c1. The van der Waals surface area contributed by atoms with Crippen molar-refractivity contribution in [3.63, 3.8) is 0 Å². The molecular weight excluding hydrogens is 661 g/mol. The van der Waals surface area contributed by atoms with Gasteiger partial charge in [-0.15, -0.1) is 5.10 Å². The normalized spacial score (nSPS) is 11.7. The number of unbranched alkanes of at least 4 members (excludes halogenated alkanes) is 1. The van der Waals surface area contributed by atoms with E-state index in [9.17, 15) is 22.8 Å². The number of halogens is 2. The summed E-state index contributed by atoms with van der Waals surface area (Å²) >= 11 is 6.46. The molecule has 11 nitrogen and oxygen atoms in total. The van der Waals surface area contributed by atoms with Gasteiger partial charge in [0.15, 0.2) is 0 Å². The lowest BCUT2D eigenvalue weighted by Gasteiger charge is -2.20. The van der Waals surface area contributed by atoms with E-state index in [-0.39, 0.29) is 44.7 Å². The Morgan fingerprint density at radius 3 is 2.42 bits per heavy atom. The van der Waals surface area contributed by atoms with Crippen LogP contribution < -0.4 is 15.7 Å². The molecule has 0 saturated carbocycles. The molecule has 256 valence electrons. The molecular formula is C34H39ClFN5O6S. The van der Waals surface area contributed by atoms with Gasteiger partial charge in [-0.25, -0.2) is 27.1 Å². The van der Waals surface area contributed by atoms with Gasteiger partial charge in [0, 0.05) is 29.7 Å². The number of ether oxygens (including phenoxy) is 1. The molecule has 1 aromatic heterocycles. The van der Waals surface area contributed by atoms with Gasteiger partial charge in [0.05, 0.1) is 22.2 Å². The molecule has 4 rings (SSSR count). The molecule has 0 aliphatic rings. The topological polar surface area (TPSA) is 141 Å². The van der Waals surface area contributed by atoms with E-state index in [0.29, 0.717) is 30.8 Å². The third kappa shape index (κ3) is 8.70. The van der Waals surface area contributed by atoms with E-state index in [1.165, 1.54) is 53.1 Å². The Kier molecular flexibility index (Phi) is 11.5. The molecule has 14 heteroatoms. The van der Waals surface area contributed by atoms with E-state index in [1.54, 1.807) is 32.9 Å². The summed E-state index contributed by atoms with van der Waals surface area (Å²) in [5, 5.41) is 7.55. The number of sulfonamides is 1. The minimum Gasteiger partial charge on any atom is -0.443 e. The van der Waals surface area contributed by atoms with Crippen LogP contribution >= 0.6 is 11.6 Å². The van der Waals surface area contributed by atoms with Crippen LogP contribution in [0.15, 0.2) is 70.4 Å². The van der Waals surface area contributed by atoms with Crippen LogP contribution in [0.3, 0.4) is 0 Å². The fourth-order valence-electron chi connectivity index (χ4n) is 4.87. The number of carbonyl (C=O) groups is 2. The third-order valence-electron chi connectivity index (χ3n) is 7.15. The van der Waals surface area contributed by atoms with Gasteiger partial charge in [-0.3, -0.25) is 9.36 Å². The first-order valence-corrected chi connectivity index (χ1v) is 17.4. The minimum atomic E-state index is -4.38. The van der Waals surface area contributed by atoms with Gasteiger partial charge < -0.3 is 10.1 Å². The molecule has 2 N–H and O–H groups in total. The maximum atomic E-state index is 15.7. The lowest BCUT2D eigenvalue weighted by molar-refractivity contribution is 0.0570. The Balaban J connectivity index is 1.67. The van der Waals surface area contributed by atoms with Crippen molar-refractivity contribution >= 4 is 33.6 Å². The molecule has 0 atom stereocenters. The monoisotopic (exact) mass is 699 g/mol. The summed E-state index contributed by atoms with van der Waals surface area (Å²) in [7, 11) is -4.38. The summed E-state index contributed by atoms with van der Waals surface area (Å²) in [5.74, 6) is -0.602. The molecule has 0 spiro atoms. The number of hydrogen-bond donors (Lipinski definition) is 2. The number of carbonyl (C=O) groups excluding carboxylic acids is 2. The van der Waals surface area contributed by atoms with Crippen LogP contribution in [-0.2, 0) is 27.7 Å². The van der Waals surface area contributed by atoms with Crippen LogP contribution in [0, 0.1) is 5.82 Å². The molecule has 0 saturated heterocycles. The van der Waals surface area contributed by atoms with E-state index >= 15 is 4.39 Å². The first-order valence-electron chi connectivity index (χ1n) is 15.6. The number of aryl methyl sites for hydroxylation is 1. The first kappa shape index (κ1) is 36.3. The van der Waals surface area contributed by atoms with Crippen molar-refractivity contribution in [2.45, 2.75) is 77.3 Å². The number of nitrogens with one attached hydrogen (secondary N) is 2. The quantitative estimate of drug-likeness (QED) is 0.167. The minimum absolute atomic E-state index is 0.153. The van der Waals surface area contributed by atoms with E-state index in [0.717, 1.165) is 17.5 Å². The second-order valence-electron chi connectivity index (χ2n) is 12.1. The van der Waals surface area contributed by atoms with E-state index in [1.807, 2.05) is 18.6 Å². The van der Waals surface area contributed by atoms with Crippen molar-refractivity contribution < 1.29 is 27.1 Å². The summed E-state index contributed by atoms with van der Waals surface area (Å²) < 4.78 is 51.4. The maximum Gasteiger partial charge on any atom is 0.421 e. The highest BCUT2D eigenvalue weighted by Gasteiger charge is 2.26. The highest BCUT2D eigenvalue weighted by Crippen LogP contribution is 2.29. The smallest absolute Gasteiger partial charge is 0.421 e. The molecule has 2 amide bonds. The Morgan fingerprint density at radius 1 is 1.02 bits per heavy atom. The van der Waals surface area contributed by atoms with E-state index < -0.39 is 33.2 Å². The van der Waals surface area contributed by atoms with Gasteiger partial charge in [-0.1, -0.05) is 62.2 Å². The van der Waals surface area contributed by atoms with Crippen molar-refractivity contribution in [1.29, 1.82) is 0 Å². The molecule has 0 radical (unpaired) electrons. The highest BCUT2D eigenvalue weighted by molar-refractivity contribution is 7.90. The molecule has 48 heavy (non-hydrogen) atoms. The number of aromatic nitrogens is 3. The predicted octanol–water partition coefficient (Wildman–Crippen LogP) is 6.24. The van der Waals surface area contributed by atoms with Crippen molar-refractivity contribution in [3.8, 4) is 16.8 Å². The molecule has 3 aromatic carbocycles. The van der Waals surface area contributed by atoms with Gasteiger partial charge in [0.2, 0.25) is 0 Å². The summed E-state index contributed by atoms with van der Waals surface area (Å²) in [5.41, 5.74) is -0.419. The van der Waals surface area contributed by atoms with Crippen molar-refractivity contribution in [3.05, 3.63) is 98.9 Å². The Labute approximate surface area is 284 Å². The van der Waals surface area contributed by atoms with Crippen LogP contribution in [0.4, 0.5) is 9.18 Å². The molecule has 0 aliphatic heterocycles. The van der Waals surface area contributed by atoms with Crippen LogP contribution in [-0.4, -0.2) is 46.9 Å². The lowest BCUT2D eigenvalue weighted by atomic mass is 10.0. The lowest BCUT2D eigenvalue weighted by Crippen LogP contribution is -2.36. The second kappa shape index (κ2) is 15.2. The van der Waals surface area contributed by atoms with Crippen molar-refractivity contribution in [2.75, 3.05) is 6.54 Å². The molecule has 0 aliphatic carbocycles. The Morgan fingerprint density at radius 2 is 1.75 bits per heavy atom. The average Bonchev–Trinajstić information content (AvgIpc) is 3.31. The number of amides is 2. The van der Waals surface area contributed by atoms with E-state index in [2.05, 4.69) is 10.4 Å². The number of nitrogens with zero attached hydrogens (tertiary/aromatic N) is 3.